The molecule has 0 fully saturated rings. The first-order chi connectivity index (χ1) is 10.7. The van der Waals surface area contributed by atoms with Crippen LogP contribution in [-0.4, -0.2) is 0 Å². The fourth-order valence-electron chi connectivity index (χ4n) is 2.50. The minimum Gasteiger partial charge on any atom is -0.455 e. The lowest BCUT2D eigenvalue weighted by atomic mass is 10.1. The van der Waals surface area contributed by atoms with E-state index in [2.05, 4.69) is 29.6 Å². The Labute approximate surface area is 135 Å². The molecule has 0 radical (unpaired) electrons. The molecule has 0 amide bonds. The second-order valence-corrected chi connectivity index (χ2v) is 5.77. The van der Waals surface area contributed by atoms with Gasteiger partial charge >= 0.3 is 0 Å². The summed E-state index contributed by atoms with van der Waals surface area (Å²) in [6.07, 6.45) is 0. The molecule has 0 saturated heterocycles. The number of rotatable bonds is 5. The van der Waals surface area contributed by atoms with Gasteiger partial charge in [-0.25, -0.2) is 0 Å². The van der Waals surface area contributed by atoms with Gasteiger partial charge in [0.1, 0.15) is 18.8 Å². The van der Waals surface area contributed by atoms with E-state index in [0.29, 0.717) is 0 Å². The summed E-state index contributed by atoms with van der Waals surface area (Å²) in [5.74, 6) is 1.86. The molecule has 2 nitrogen and oxygen atoms in total. The van der Waals surface area contributed by atoms with E-state index in [0.717, 1.165) is 40.8 Å². The van der Waals surface area contributed by atoms with E-state index in [1.54, 1.807) is 0 Å². The van der Waals surface area contributed by atoms with Crippen molar-refractivity contribution in [1.29, 1.82) is 0 Å². The summed E-state index contributed by atoms with van der Waals surface area (Å²) < 4.78 is 5.95. The van der Waals surface area contributed by atoms with Gasteiger partial charge in [0.2, 0.25) is 0 Å². The number of hydrogen-bond acceptors (Lipinski definition) is 1. The molecule has 0 atom stereocenters. The molecule has 1 aromatic heterocycles. The van der Waals surface area contributed by atoms with Crippen molar-refractivity contribution in [2.75, 3.05) is 0 Å². The number of furan rings is 1. The highest BCUT2D eigenvalue weighted by Gasteiger charge is 2.10. The lowest BCUT2D eigenvalue weighted by Gasteiger charge is -2.04. The van der Waals surface area contributed by atoms with Gasteiger partial charge in [-0.05, 0) is 30.7 Å². The third-order valence-corrected chi connectivity index (χ3v) is 4.17. The van der Waals surface area contributed by atoms with Gasteiger partial charge in [-0.1, -0.05) is 54.1 Å². The molecule has 3 heteroatoms. The molecule has 0 unspecified atom stereocenters. The van der Waals surface area contributed by atoms with E-state index < -0.39 is 0 Å². The molecule has 0 bridgehead atoms. The van der Waals surface area contributed by atoms with Gasteiger partial charge in [-0.15, -0.1) is 0 Å². The van der Waals surface area contributed by atoms with Crippen LogP contribution in [0.1, 0.15) is 16.9 Å². The largest absolute Gasteiger partial charge is 0.455 e. The molecule has 0 aliphatic carbocycles. The normalized spacial score (nSPS) is 10.8. The summed E-state index contributed by atoms with van der Waals surface area (Å²) in [6, 6.07) is 20.4. The van der Waals surface area contributed by atoms with Gasteiger partial charge < -0.3 is 9.73 Å². The van der Waals surface area contributed by atoms with Gasteiger partial charge in [0.05, 0.1) is 0 Å². The van der Waals surface area contributed by atoms with Crippen LogP contribution in [0.25, 0.3) is 11.3 Å². The Hall–Kier alpha value is -2.03. The Morgan fingerprint density at radius 1 is 0.909 bits per heavy atom. The summed E-state index contributed by atoms with van der Waals surface area (Å²) in [5, 5.41) is 3.01. The standard InChI is InChI=1S/C19H18ClNO/c1-14-17(8-5-9-18(14)20)19-11-10-16(22-19)13-21-12-15-6-3-2-4-7-15/h2-11,21H,12-13H2,1H3/p+1. The van der Waals surface area contributed by atoms with Crippen LogP contribution < -0.4 is 5.32 Å². The number of quaternary nitrogens is 1. The van der Waals surface area contributed by atoms with Crippen molar-refractivity contribution in [3.05, 3.63) is 82.6 Å². The predicted molar refractivity (Wildman–Crippen MR) is 89.7 cm³/mol. The summed E-state index contributed by atoms with van der Waals surface area (Å²) in [4.78, 5) is 0. The van der Waals surface area contributed by atoms with Gasteiger partial charge in [-0.3, -0.25) is 0 Å². The lowest BCUT2D eigenvalue weighted by molar-refractivity contribution is -0.687. The zero-order valence-corrected chi connectivity index (χ0v) is 13.3. The summed E-state index contributed by atoms with van der Waals surface area (Å²) in [6.45, 7) is 3.79. The molecule has 2 N–H and O–H groups in total. The van der Waals surface area contributed by atoms with E-state index in [1.807, 2.05) is 43.3 Å². The number of benzene rings is 2. The molecular formula is C19H19ClNO+. The smallest absolute Gasteiger partial charge is 0.158 e. The molecule has 1 heterocycles. The SMILES string of the molecule is Cc1c(Cl)cccc1-c1ccc(C[NH2+]Cc2ccccc2)o1. The summed E-state index contributed by atoms with van der Waals surface area (Å²) in [7, 11) is 0. The highest BCUT2D eigenvalue weighted by atomic mass is 35.5. The fourth-order valence-corrected chi connectivity index (χ4v) is 2.68. The Morgan fingerprint density at radius 2 is 1.73 bits per heavy atom. The third-order valence-electron chi connectivity index (χ3n) is 3.76. The first-order valence-corrected chi connectivity index (χ1v) is 7.81. The van der Waals surface area contributed by atoms with Crippen molar-refractivity contribution < 1.29 is 9.73 Å². The Bertz CT molecular complexity index is 749. The molecular weight excluding hydrogens is 294 g/mol. The molecule has 0 aliphatic heterocycles. The highest BCUT2D eigenvalue weighted by molar-refractivity contribution is 6.31. The molecule has 3 aromatic rings. The molecule has 0 saturated carbocycles. The van der Waals surface area contributed by atoms with Gasteiger partial charge in [-0.2, -0.15) is 0 Å². The van der Waals surface area contributed by atoms with Crippen LogP contribution in [0.5, 0.6) is 0 Å². The van der Waals surface area contributed by atoms with Crippen LogP contribution in [-0.2, 0) is 13.1 Å². The first-order valence-electron chi connectivity index (χ1n) is 7.44. The first kappa shape index (κ1) is 14.9. The number of nitrogens with two attached hydrogens (primary N) is 1. The van der Waals surface area contributed by atoms with Crippen LogP contribution >= 0.6 is 11.6 Å². The molecule has 112 valence electrons. The van der Waals surface area contributed by atoms with Crippen LogP contribution in [0, 0.1) is 6.92 Å². The van der Waals surface area contributed by atoms with E-state index in [9.17, 15) is 0 Å². The van der Waals surface area contributed by atoms with E-state index >= 15 is 0 Å². The molecule has 3 rings (SSSR count). The molecule has 0 aliphatic rings. The molecule has 2 aromatic carbocycles. The Kier molecular flexibility index (Phi) is 4.62. The van der Waals surface area contributed by atoms with Crippen LogP contribution in [0.2, 0.25) is 5.02 Å². The van der Waals surface area contributed by atoms with E-state index in [4.69, 9.17) is 16.0 Å². The van der Waals surface area contributed by atoms with Gasteiger partial charge in [0, 0.05) is 16.1 Å². The molecule has 0 spiro atoms. The van der Waals surface area contributed by atoms with Crippen molar-refractivity contribution >= 4 is 11.6 Å². The van der Waals surface area contributed by atoms with Crippen LogP contribution in [0.4, 0.5) is 0 Å². The topological polar surface area (TPSA) is 29.8 Å². The zero-order chi connectivity index (χ0) is 15.4. The second-order valence-electron chi connectivity index (χ2n) is 5.36. The van der Waals surface area contributed by atoms with Crippen molar-refractivity contribution in [1.82, 2.24) is 0 Å². The van der Waals surface area contributed by atoms with Crippen LogP contribution in [0.3, 0.4) is 0 Å². The Morgan fingerprint density at radius 3 is 2.55 bits per heavy atom. The second kappa shape index (κ2) is 6.82. The van der Waals surface area contributed by atoms with Gasteiger partial charge in [0.15, 0.2) is 5.76 Å². The number of hydrogen-bond donors (Lipinski definition) is 1. The van der Waals surface area contributed by atoms with E-state index in [-0.39, 0.29) is 0 Å². The monoisotopic (exact) mass is 312 g/mol. The van der Waals surface area contributed by atoms with Crippen molar-refractivity contribution in [2.45, 2.75) is 20.0 Å². The average Bonchev–Trinajstić information content (AvgIpc) is 3.00. The summed E-state index contributed by atoms with van der Waals surface area (Å²) in [5.41, 5.74) is 3.43. The van der Waals surface area contributed by atoms with Crippen molar-refractivity contribution in [3.63, 3.8) is 0 Å². The quantitative estimate of drug-likeness (QED) is 0.753. The zero-order valence-electron chi connectivity index (χ0n) is 12.6. The maximum Gasteiger partial charge on any atom is 0.158 e. The van der Waals surface area contributed by atoms with E-state index in [1.165, 1.54) is 5.56 Å². The highest BCUT2D eigenvalue weighted by Crippen LogP contribution is 2.29. The lowest BCUT2D eigenvalue weighted by Crippen LogP contribution is -2.80. The average molecular weight is 313 g/mol. The van der Waals surface area contributed by atoms with Crippen LogP contribution in [0.15, 0.2) is 65.1 Å². The fraction of sp³-hybridized carbons (Fsp3) is 0.158. The minimum atomic E-state index is 0.770. The summed E-state index contributed by atoms with van der Waals surface area (Å²) >= 11 is 6.17. The predicted octanol–water partition coefficient (Wildman–Crippen LogP) is 4.17. The number of halogens is 1. The van der Waals surface area contributed by atoms with Crippen molar-refractivity contribution in [3.8, 4) is 11.3 Å². The minimum absolute atomic E-state index is 0.770. The Balaban J connectivity index is 1.65. The third kappa shape index (κ3) is 3.41. The molecule has 22 heavy (non-hydrogen) atoms. The maximum atomic E-state index is 6.17. The van der Waals surface area contributed by atoms with Gasteiger partial charge in [0.25, 0.3) is 0 Å². The maximum absolute atomic E-state index is 6.17. The van der Waals surface area contributed by atoms with Crippen molar-refractivity contribution in [2.24, 2.45) is 0 Å².